The lowest BCUT2D eigenvalue weighted by atomic mass is 10.0. The van der Waals surface area contributed by atoms with E-state index in [1.807, 2.05) is 19.1 Å². The molecule has 2 aromatic carbocycles. The van der Waals surface area contributed by atoms with Crippen LogP contribution in [0.5, 0.6) is 0 Å². The number of hydrogen-bond acceptors (Lipinski definition) is 2. The summed E-state index contributed by atoms with van der Waals surface area (Å²) < 4.78 is 13.1. The van der Waals surface area contributed by atoms with Gasteiger partial charge in [0.15, 0.2) is 5.78 Å². The summed E-state index contributed by atoms with van der Waals surface area (Å²) in [6.07, 6.45) is 0. The number of halogens is 1. The maximum absolute atomic E-state index is 13.1. The summed E-state index contributed by atoms with van der Waals surface area (Å²) >= 11 is 0. The van der Waals surface area contributed by atoms with Gasteiger partial charge in [0.05, 0.1) is 0 Å². The first-order valence-corrected chi connectivity index (χ1v) is 5.24. The molecule has 0 radical (unpaired) electrons. The Kier molecular flexibility index (Phi) is 2.91. The van der Waals surface area contributed by atoms with E-state index in [-0.39, 0.29) is 17.0 Å². The van der Waals surface area contributed by atoms with E-state index in [0.717, 1.165) is 5.56 Å². The van der Waals surface area contributed by atoms with Crippen molar-refractivity contribution in [3.05, 3.63) is 65.0 Å². The number of aryl methyl sites for hydroxylation is 1. The molecule has 0 fully saturated rings. The van der Waals surface area contributed by atoms with Gasteiger partial charge in [0, 0.05) is 16.8 Å². The molecule has 2 nitrogen and oxygen atoms in total. The Bertz CT molecular complexity index is 541. The Hall–Kier alpha value is -2.16. The molecule has 0 aliphatic rings. The summed E-state index contributed by atoms with van der Waals surface area (Å²) in [5, 5.41) is 0. The third-order valence-corrected chi connectivity index (χ3v) is 2.50. The summed E-state index contributed by atoms with van der Waals surface area (Å²) in [5.41, 5.74) is 7.63. The second-order valence-corrected chi connectivity index (χ2v) is 3.97. The number of nitrogen functional groups attached to an aromatic ring is 1. The Balaban J connectivity index is 2.40. The van der Waals surface area contributed by atoms with Crippen molar-refractivity contribution in [3.8, 4) is 0 Å². The van der Waals surface area contributed by atoms with E-state index in [0.29, 0.717) is 5.56 Å². The summed E-state index contributed by atoms with van der Waals surface area (Å²) in [6.45, 7) is 1.94. The molecule has 0 heterocycles. The second kappa shape index (κ2) is 4.37. The Labute approximate surface area is 98.9 Å². The molecule has 0 aliphatic carbocycles. The molecule has 17 heavy (non-hydrogen) atoms. The molecule has 0 amide bonds. The fraction of sp³-hybridized carbons (Fsp3) is 0.0714. The van der Waals surface area contributed by atoms with Crippen LogP contribution in [-0.4, -0.2) is 5.78 Å². The van der Waals surface area contributed by atoms with E-state index >= 15 is 0 Å². The van der Waals surface area contributed by atoms with Crippen molar-refractivity contribution >= 4 is 11.5 Å². The maximum Gasteiger partial charge on any atom is 0.193 e. The molecule has 0 saturated heterocycles. The minimum atomic E-state index is -0.500. The van der Waals surface area contributed by atoms with Gasteiger partial charge in [-0.15, -0.1) is 0 Å². The second-order valence-electron chi connectivity index (χ2n) is 3.97. The monoisotopic (exact) mass is 229 g/mol. The average Bonchev–Trinajstić information content (AvgIpc) is 2.28. The van der Waals surface area contributed by atoms with E-state index in [4.69, 9.17) is 5.73 Å². The van der Waals surface area contributed by atoms with Crippen LogP contribution in [-0.2, 0) is 0 Å². The highest BCUT2D eigenvalue weighted by Gasteiger charge is 2.10. The van der Waals surface area contributed by atoms with Gasteiger partial charge in [-0.2, -0.15) is 0 Å². The summed E-state index contributed by atoms with van der Waals surface area (Å²) in [7, 11) is 0. The molecule has 2 N–H and O–H groups in total. The summed E-state index contributed by atoms with van der Waals surface area (Å²) in [6, 6.07) is 11.0. The molecule has 0 aromatic heterocycles. The quantitative estimate of drug-likeness (QED) is 0.635. The van der Waals surface area contributed by atoms with Crippen LogP contribution in [0.15, 0.2) is 42.5 Å². The van der Waals surface area contributed by atoms with E-state index in [1.54, 1.807) is 12.1 Å². The molecule has 3 heteroatoms. The molecule has 0 unspecified atom stereocenters. The normalized spacial score (nSPS) is 10.2. The van der Waals surface area contributed by atoms with E-state index in [2.05, 4.69) is 0 Å². The molecule has 0 aliphatic heterocycles. The van der Waals surface area contributed by atoms with Crippen LogP contribution < -0.4 is 5.73 Å². The predicted octanol–water partition coefficient (Wildman–Crippen LogP) is 2.95. The molecule has 0 bridgehead atoms. The number of hydrogen-bond donors (Lipinski definition) is 1. The van der Waals surface area contributed by atoms with Crippen molar-refractivity contribution in [2.45, 2.75) is 6.92 Å². The van der Waals surface area contributed by atoms with Gasteiger partial charge < -0.3 is 5.73 Å². The van der Waals surface area contributed by atoms with E-state index in [1.165, 1.54) is 18.2 Å². The lowest BCUT2D eigenvalue weighted by Crippen LogP contribution is -2.03. The fourth-order valence-electron chi connectivity index (χ4n) is 1.62. The van der Waals surface area contributed by atoms with Gasteiger partial charge in [0.1, 0.15) is 5.82 Å². The van der Waals surface area contributed by atoms with Crippen LogP contribution in [0.2, 0.25) is 0 Å². The number of rotatable bonds is 2. The first kappa shape index (κ1) is 11.3. The van der Waals surface area contributed by atoms with Crippen LogP contribution >= 0.6 is 0 Å². The molecular weight excluding hydrogens is 217 g/mol. The number of benzene rings is 2. The largest absolute Gasteiger partial charge is 0.399 e. The van der Waals surface area contributed by atoms with Crippen molar-refractivity contribution in [2.24, 2.45) is 0 Å². The lowest BCUT2D eigenvalue weighted by Gasteiger charge is -2.03. The number of anilines is 1. The molecular formula is C14H12FNO. The van der Waals surface area contributed by atoms with Gasteiger partial charge in [0.2, 0.25) is 0 Å². The van der Waals surface area contributed by atoms with Gasteiger partial charge in [0.25, 0.3) is 0 Å². The highest BCUT2D eigenvalue weighted by molar-refractivity contribution is 6.09. The van der Waals surface area contributed by atoms with Gasteiger partial charge in [-0.05, 0) is 25.1 Å². The zero-order valence-electron chi connectivity index (χ0n) is 9.41. The predicted molar refractivity (Wildman–Crippen MR) is 65.4 cm³/mol. The molecule has 2 rings (SSSR count). The summed E-state index contributed by atoms with van der Waals surface area (Å²) in [4.78, 5) is 12.0. The van der Waals surface area contributed by atoms with Gasteiger partial charge >= 0.3 is 0 Å². The van der Waals surface area contributed by atoms with E-state index in [9.17, 15) is 9.18 Å². The molecule has 0 atom stereocenters. The minimum Gasteiger partial charge on any atom is -0.399 e. The third-order valence-electron chi connectivity index (χ3n) is 2.50. The van der Waals surface area contributed by atoms with Crippen molar-refractivity contribution in [2.75, 3.05) is 5.73 Å². The topological polar surface area (TPSA) is 43.1 Å². The molecule has 0 saturated carbocycles. The summed E-state index contributed by atoms with van der Waals surface area (Å²) in [5.74, 6) is -0.725. The van der Waals surface area contributed by atoms with Gasteiger partial charge in [-0.1, -0.05) is 29.8 Å². The smallest absolute Gasteiger partial charge is 0.193 e. The zero-order chi connectivity index (χ0) is 12.4. The van der Waals surface area contributed by atoms with Crippen molar-refractivity contribution in [1.82, 2.24) is 0 Å². The molecule has 0 spiro atoms. The van der Waals surface area contributed by atoms with Crippen LogP contribution in [0.1, 0.15) is 21.5 Å². The molecule has 86 valence electrons. The fourth-order valence-corrected chi connectivity index (χ4v) is 1.62. The lowest BCUT2D eigenvalue weighted by molar-refractivity contribution is 0.103. The Morgan fingerprint density at radius 3 is 2.29 bits per heavy atom. The van der Waals surface area contributed by atoms with Crippen LogP contribution in [0.4, 0.5) is 10.1 Å². The number of nitrogens with two attached hydrogens (primary N) is 1. The molecule has 2 aromatic rings. The van der Waals surface area contributed by atoms with Crippen LogP contribution in [0, 0.1) is 12.7 Å². The third kappa shape index (κ3) is 2.50. The zero-order valence-corrected chi connectivity index (χ0v) is 9.41. The van der Waals surface area contributed by atoms with Crippen LogP contribution in [0.25, 0.3) is 0 Å². The van der Waals surface area contributed by atoms with Gasteiger partial charge in [-0.25, -0.2) is 4.39 Å². The highest BCUT2D eigenvalue weighted by Crippen LogP contribution is 2.15. The highest BCUT2D eigenvalue weighted by atomic mass is 19.1. The number of carbonyl (C=O) groups excluding carboxylic acids is 1. The Morgan fingerprint density at radius 2 is 1.71 bits per heavy atom. The number of ketones is 1. The van der Waals surface area contributed by atoms with Crippen LogP contribution in [0.3, 0.4) is 0 Å². The first-order chi connectivity index (χ1) is 8.06. The average molecular weight is 229 g/mol. The number of carbonyl (C=O) groups is 1. The van der Waals surface area contributed by atoms with Crippen molar-refractivity contribution < 1.29 is 9.18 Å². The SMILES string of the molecule is Cc1ccc(C(=O)c2cc(N)cc(F)c2)cc1. The van der Waals surface area contributed by atoms with Gasteiger partial charge in [-0.3, -0.25) is 4.79 Å². The Morgan fingerprint density at radius 1 is 1.06 bits per heavy atom. The van der Waals surface area contributed by atoms with Crippen molar-refractivity contribution in [1.29, 1.82) is 0 Å². The minimum absolute atomic E-state index is 0.226. The first-order valence-electron chi connectivity index (χ1n) is 5.24. The van der Waals surface area contributed by atoms with Crippen molar-refractivity contribution in [3.63, 3.8) is 0 Å². The van der Waals surface area contributed by atoms with E-state index < -0.39 is 5.82 Å². The standard InChI is InChI=1S/C14H12FNO/c1-9-2-4-10(5-3-9)14(17)11-6-12(15)8-13(16)7-11/h2-8H,16H2,1H3. The maximum atomic E-state index is 13.1.